The molecule has 2 fully saturated rings. The van der Waals surface area contributed by atoms with Crippen molar-refractivity contribution in [3.05, 3.63) is 65.7 Å². The molecule has 2 aliphatic rings. The van der Waals surface area contributed by atoms with Crippen LogP contribution in [-0.2, 0) is 20.8 Å². The second kappa shape index (κ2) is 10.2. The summed E-state index contributed by atoms with van der Waals surface area (Å²) in [5.74, 6) is -1.48. The molecule has 0 aromatic carbocycles. The molecule has 0 saturated carbocycles. The van der Waals surface area contributed by atoms with Crippen LogP contribution >= 0.6 is 57.5 Å². The average Bonchev–Trinajstić information content (AvgIpc) is 3.52. The van der Waals surface area contributed by atoms with Crippen LogP contribution in [0.15, 0.2) is 49.4 Å². The molecule has 10 nitrogen and oxygen atoms in total. The standard InChI is InChI=1S/C22H17N3O7S5/c26-13-7-15(37-17-12(25(31)32)8-35-18(13)17)34-5-3-22(21(29)30)9-24-19(28)16(20(24)36-10-22)23-14(27)6-11-2-1-4-33-11/h1-5,7-8,16,20H,6,9-10H2,(H,23,27)(H,29,30)/t16?,20-,22?/m1/s1. The van der Waals surface area contributed by atoms with E-state index < -0.39 is 22.3 Å². The number of thioether (sulfide) groups is 2. The van der Waals surface area contributed by atoms with Gasteiger partial charge in [-0.05, 0) is 16.9 Å². The fraction of sp³-hybridized carbons (Fsp3) is 0.273. The van der Waals surface area contributed by atoms with Gasteiger partial charge in [-0.1, -0.05) is 23.9 Å². The number of nitrogens with zero attached hydrogens (tertiary/aromatic N) is 2. The molecule has 2 N–H and O–H groups in total. The van der Waals surface area contributed by atoms with Crippen molar-refractivity contribution in [2.24, 2.45) is 5.41 Å². The van der Waals surface area contributed by atoms with Crippen molar-refractivity contribution in [3.63, 3.8) is 0 Å². The Hall–Kier alpha value is -2.72. The van der Waals surface area contributed by atoms with Crippen molar-refractivity contribution in [3.8, 4) is 0 Å². The minimum atomic E-state index is -1.35. The zero-order valence-electron chi connectivity index (χ0n) is 18.6. The molecule has 15 heteroatoms. The summed E-state index contributed by atoms with van der Waals surface area (Å²) in [7, 11) is 0. The maximum absolute atomic E-state index is 12.8. The van der Waals surface area contributed by atoms with Crippen molar-refractivity contribution < 1.29 is 24.4 Å². The lowest BCUT2D eigenvalue weighted by atomic mass is 9.87. The van der Waals surface area contributed by atoms with Crippen LogP contribution in [0, 0.1) is 15.5 Å². The number of aliphatic carboxylic acids is 1. The van der Waals surface area contributed by atoms with Gasteiger partial charge in [-0.2, -0.15) is 0 Å². The SMILES string of the molecule is O=C(Cc1cccs1)NC1C(=O)N2CC(C=CSc3cc(=O)c4scc([N+](=O)[O-])c4s3)(C(=O)O)CS[C@H]12. The molecule has 192 valence electrons. The number of thiophene rings is 2. The molecule has 2 saturated heterocycles. The molecule has 5 rings (SSSR count). The van der Waals surface area contributed by atoms with E-state index in [1.807, 2.05) is 17.5 Å². The Morgan fingerprint density at radius 1 is 1.32 bits per heavy atom. The fourth-order valence-electron chi connectivity index (χ4n) is 4.02. The van der Waals surface area contributed by atoms with Crippen LogP contribution in [-0.4, -0.2) is 56.4 Å². The van der Waals surface area contributed by atoms with Crippen molar-refractivity contribution in [1.29, 1.82) is 0 Å². The monoisotopic (exact) mass is 595 g/mol. The molecule has 2 aliphatic heterocycles. The molecule has 37 heavy (non-hydrogen) atoms. The van der Waals surface area contributed by atoms with Gasteiger partial charge in [0.05, 0.1) is 25.6 Å². The summed E-state index contributed by atoms with van der Waals surface area (Å²) in [5, 5.41) is 28.5. The van der Waals surface area contributed by atoms with Crippen molar-refractivity contribution in [2.45, 2.75) is 22.0 Å². The Kier molecular flexibility index (Phi) is 7.15. The maximum atomic E-state index is 12.8. The number of carboxylic acids is 1. The molecule has 3 aromatic rings. The molecule has 2 unspecified atom stereocenters. The number of hydrogen-bond donors (Lipinski definition) is 2. The summed E-state index contributed by atoms with van der Waals surface area (Å²) >= 11 is 5.98. The zero-order chi connectivity index (χ0) is 26.3. The topological polar surface area (TPSA) is 147 Å². The van der Waals surface area contributed by atoms with E-state index in [-0.39, 0.29) is 47.0 Å². The van der Waals surface area contributed by atoms with Gasteiger partial charge >= 0.3 is 5.97 Å². The lowest BCUT2D eigenvalue weighted by Gasteiger charge is -2.53. The summed E-state index contributed by atoms with van der Waals surface area (Å²) in [6.07, 6.45) is 1.69. The first kappa shape index (κ1) is 25.9. The molecule has 0 radical (unpaired) electrons. The first-order chi connectivity index (χ1) is 17.7. The van der Waals surface area contributed by atoms with Crippen molar-refractivity contribution in [1.82, 2.24) is 10.2 Å². The maximum Gasteiger partial charge on any atom is 0.316 e. The number of amides is 2. The molecule has 0 bridgehead atoms. The third kappa shape index (κ3) is 4.93. The minimum absolute atomic E-state index is 0.0432. The van der Waals surface area contributed by atoms with Crippen LogP contribution in [0.4, 0.5) is 5.69 Å². The van der Waals surface area contributed by atoms with Gasteiger partial charge in [-0.25, -0.2) is 0 Å². The van der Waals surface area contributed by atoms with E-state index >= 15 is 0 Å². The third-order valence-electron chi connectivity index (χ3n) is 5.93. The first-order valence-corrected chi connectivity index (χ1v) is 15.2. The summed E-state index contributed by atoms with van der Waals surface area (Å²) in [6, 6.07) is 4.39. The van der Waals surface area contributed by atoms with Crippen LogP contribution in [0.1, 0.15) is 4.88 Å². The summed E-state index contributed by atoms with van der Waals surface area (Å²) in [4.78, 5) is 62.8. The molecule has 0 spiro atoms. The first-order valence-electron chi connectivity index (χ1n) is 10.7. The number of nitro groups is 1. The van der Waals surface area contributed by atoms with E-state index in [0.717, 1.165) is 39.3 Å². The molecule has 3 atom stereocenters. The number of nitrogens with one attached hydrogen (secondary N) is 1. The van der Waals surface area contributed by atoms with Crippen LogP contribution in [0.5, 0.6) is 0 Å². The zero-order valence-corrected chi connectivity index (χ0v) is 22.7. The number of carbonyl (C=O) groups excluding carboxylic acids is 2. The highest BCUT2D eigenvalue weighted by atomic mass is 32.2. The van der Waals surface area contributed by atoms with E-state index in [0.29, 0.717) is 13.6 Å². The normalized spacial score (nSPS) is 23.1. The van der Waals surface area contributed by atoms with Gasteiger partial charge in [-0.3, -0.25) is 29.3 Å². The van der Waals surface area contributed by atoms with E-state index in [2.05, 4.69) is 5.32 Å². The Bertz CT molecular complexity index is 1500. The van der Waals surface area contributed by atoms with Crippen LogP contribution < -0.4 is 10.7 Å². The largest absolute Gasteiger partial charge is 0.481 e. The smallest absolute Gasteiger partial charge is 0.316 e. The number of carbonyl (C=O) groups is 3. The summed E-state index contributed by atoms with van der Waals surface area (Å²) < 4.78 is 1.10. The van der Waals surface area contributed by atoms with Gasteiger partial charge in [0.2, 0.25) is 11.8 Å². The van der Waals surface area contributed by atoms with Gasteiger partial charge in [0.1, 0.15) is 21.5 Å². The Labute approximate surface area is 229 Å². The molecular formula is C22H17N3O7S5. The highest BCUT2D eigenvalue weighted by Gasteiger charge is 2.56. The number of fused-ring (bicyclic) bond motifs is 2. The Morgan fingerprint density at radius 2 is 2.14 bits per heavy atom. The van der Waals surface area contributed by atoms with Gasteiger partial charge in [-0.15, -0.1) is 45.8 Å². The molecule has 5 heterocycles. The van der Waals surface area contributed by atoms with Gasteiger partial charge < -0.3 is 15.3 Å². The van der Waals surface area contributed by atoms with Crippen molar-refractivity contribution in [2.75, 3.05) is 12.3 Å². The number of hydrogen-bond acceptors (Lipinski definition) is 11. The third-order valence-corrected chi connectivity index (χ3v) is 11.6. The second-order valence-electron chi connectivity index (χ2n) is 8.32. The molecule has 2 amide bonds. The lowest BCUT2D eigenvalue weighted by molar-refractivity contribution is -0.382. The number of carboxylic acid groups (broad SMARTS) is 1. The Morgan fingerprint density at radius 3 is 2.84 bits per heavy atom. The molecule has 0 aliphatic carbocycles. The minimum Gasteiger partial charge on any atom is -0.481 e. The summed E-state index contributed by atoms with van der Waals surface area (Å²) in [6.45, 7) is -0.0432. The molecular weight excluding hydrogens is 579 g/mol. The predicted molar refractivity (Wildman–Crippen MR) is 146 cm³/mol. The van der Waals surface area contributed by atoms with Crippen LogP contribution in [0.2, 0.25) is 0 Å². The summed E-state index contributed by atoms with van der Waals surface area (Å²) in [5.41, 5.74) is -1.80. The van der Waals surface area contributed by atoms with E-state index in [4.69, 9.17) is 0 Å². The fourth-order valence-corrected chi connectivity index (χ4v) is 9.44. The number of β-lactam (4-membered cyclic amide) rings is 1. The van der Waals surface area contributed by atoms with Crippen LogP contribution in [0.3, 0.4) is 0 Å². The van der Waals surface area contributed by atoms with E-state index in [9.17, 15) is 34.4 Å². The highest BCUT2D eigenvalue weighted by molar-refractivity contribution is 8.04. The van der Waals surface area contributed by atoms with Crippen molar-refractivity contribution >= 4 is 90.4 Å². The van der Waals surface area contributed by atoms with E-state index in [1.54, 1.807) is 5.41 Å². The number of rotatable bonds is 8. The van der Waals surface area contributed by atoms with Gasteiger partial charge in [0.25, 0.3) is 5.69 Å². The Balaban J connectivity index is 1.27. The lowest BCUT2D eigenvalue weighted by Crippen LogP contribution is -2.73. The predicted octanol–water partition coefficient (Wildman–Crippen LogP) is 3.61. The highest BCUT2D eigenvalue weighted by Crippen LogP contribution is 2.44. The van der Waals surface area contributed by atoms with Crippen LogP contribution in [0.25, 0.3) is 9.40 Å². The quantitative estimate of drug-likeness (QED) is 0.172. The van der Waals surface area contributed by atoms with Gasteiger partial charge in [0.15, 0.2) is 5.43 Å². The average molecular weight is 596 g/mol. The van der Waals surface area contributed by atoms with Gasteiger partial charge in [0, 0.05) is 23.2 Å². The second-order valence-corrected chi connectivity index (χ2v) is 13.6. The van der Waals surface area contributed by atoms with E-state index in [1.165, 1.54) is 45.5 Å². The molecule has 3 aromatic heterocycles.